The minimum atomic E-state index is -1.12. The van der Waals surface area contributed by atoms with Crippen LogP contribution >= 0.6 is 11.3 Å². The summed E-state index contributed by atoms with van der Waals surface area (Å²) in [7, 11) is 0. The van der Waals surface area contributed by atoms with Gasteiger partial charge in [-0.15, -0.1) is 0 Å². The van der Waals surface area contributed by atoms with Gasteiger partial charge < -0.3 is 9.52 Å². The lowest BCUT2D eigenvalue weighted by Crippen LogP contribution is -2.12. The zero-order valence-electron chi connectivity index (χ0n) is 12.0. The minimum Gasteiger partial charge on any atom is -0.478 e. The van der Waals surface area contributed by atoms with Gasteiger partial charge in [0.25, 0.3) is 5.91 Å². The Morgan fingerprint density at radius 2 is 2.04 bits per heavy atom. The molecule has 1 amide bonds. The van der Waals surface area contributed by atoms with E-state index in [1.807, 2.05) is 6.07 Å². The van der Waals surface area contributed by atoms with Crippen LogP contribution in [0.3, 0.4) is 0 Å². The maximum Gasteiger partial charge on any atom is 0.335 e. The molecule has 0 saturated heterocycles. The number of nitrogens with zero attached hydrogens (tertiary/aromatic N) is 2. The number of aromatic carboxylic acids is 1. The van der Waals surface area contributed by atoms with Crippen molar-refractivity contribution in [3.05, 3.63) is 58.7 Å². The molecule has 0 unspecified atom stereocenters. The summed E-state index contributed by atoms with van der Waals surface area (Å²) in [5.74, 6) is -1.20. The predicted molar refractivity (Wildman–Crippen MR) is 85.9 cm³/mol. The lowest BCUT2D eigenvalue weighted by Gasteiger charge is -2.02. The zero-order chi connectivity index (χ0) is 17.1. The molecule has 0 atom stereocenters. The summed E-state index contributed by atoms with van der Waals surface area (Å²) in [6.07, 6.45) is 1.46. The van der Waals surface area contributed by atoms with Crippen LogP contribution in [0.25, 0.3) is 11.5 Å². The van der Waals surface area contributed by atoms with Crippen molar-refractivity contribution in [3.8, 4) is 17.5 Å². The average Bonchev–Trinajstić information content (AvgIpc) is 3.23. The van der Waals surface area contributed by atoms with E-state index in [-0.39, 0.29) is 16.3 Å². The Hall–Kier alpha value is -3.44. The highest BCUT2D eigenvalue weighted by Gasteiger charge is 2.17. The second-order valence-electron chi connectivity index (χ2n) is 4.63. The highest BCUT2D eigenvalue weighted by Crippen LogP contribution is 2.31. The Bertz CT molecular complexity index is 954. The first-order valence-electron chi connectivity index (χ1n) is 6.68. The van der Waals surface area contributed by atoms with Crippen LogP contribution in [0.5, 0.6) is 0 Å². The lowest BCUT2D eigenvalue weighted by molar-refractivity contribution is 0.0697. The zero-order valence-corrected chi connectivity index (χ0v) is 12.8. The number of hydrogen-bond acceptors (Lipinski definition) is 6. The highest BCUT2D eigenvalue weighted by atomic mass is 32.1. The summed E-state index contributed by atoms with van der Waals surface area (Å²) < 4.78 is 5.22. The Labute approximate surface area is 139 Å². The standard InChI is InChI=1S/C16H9N3O4S/c17-8-12-13(11-5-2-6-23-11)18-16(24-12)19-14(20)9-3-1-4-10(7-9)15(21)22/h1-7H,(H,21,22)(H,18,19,20). The van der Waals surface area contributed by atoms with E-state index in [2.05, 4.69) is 10.3 Å². The lowest BCUT2D eigenvalue weighted by atomic mass is 10.1. The summed E-state index contributed by atoms with van der Waals surface area (Å²) in [5.41, 5.74) is 0.543. The molecule has 0 spiro atoms. The summed E-state index contributed by atoms with van der Waals surface area (Å²) in [6, 6.07) is 11.0. The SMILES string of the molecule is N#Cc1sc(NC(=O)c2cccc(C(=O)O)c2)nc1-c1ccco1. The number of nitriles is 1. The molecule has 0 saturated carbocycles. The van der Waals surface area contributed by atoms with Gasteiger partial charge in [0.15, 0.2) is 10.9 Å². The number of hydrogen-bond donors (Lipinski definition) is 2. The number of amides is 1. The molecule has 0 radical (unpaired) electrons. The van der Waals surface area contributed by atoms with E-state index < -0.39 is 11.9 Å². The number of carboxylic acid groups (broad SMARTS) is 1. The maximum absolute atomic E-state index is 12.2. The first-order valence-corrected chi connectivity index (χ1v) is 7.49. The molecule has 7 nitrogen and oxygen atoms in total. The number of rotatable bonds is 4. The Balaban J connectivity index is 1.86. The second-order valence-corrected chi connectivity index (χ2v) is 5.63. The quantitative estimate of drug-likeness (QED) is 0.754. The van der Waals surface area contributed by atoms with E-state index in [9.17, 15) is 14.9 Å². The Morgan fingerprint density at radius 3 is 2.71 bits per heavy atom. The fourth-order valence-corrected chi connectivity index (χ4v) is 2.76. The van der Waals surface area contributed by atoms with Gasteiger partial charge in [0.05, 0.1) is 11.8 Å². The van der Waals surface area contributed by atoms with E-state index >= 15 is 0 Å². The second kappa shape index (κ2) is 6.36. The fraction of sp³-hybridized carbons (Fsp3) is 0. The molecule has 0 aliphatic rings. The van der Waals surface area contributed by atoms with Gasteiger partial charge in [0.1, 0.15) is 16.6 Å². The first kappa shape index (κ1) is 15.5. The molecule has 0 aliphatic heterocycles. The van der Waals surface area contributed by atoms with Crippen LogP contribution in [0.1, 0.15) is 25.6 Å². The van der Waals surface area contributed by atoms with E-state index in [4.69, 9.17) is 9.52 Å². The molecule has 118 valence electrons. The number of anilines is 1. The molecule has 2 aromatic heterocycles. The topological polar surface area (TPSA) is 116 Å². The summed E-state index contributed by atoms with van der Waals surface area (Å²) in [6.45, 7) is 0. The Morgan fingerprint density at radius 1 is 1.25 bits per heavy atom. The van der Waals surface area contributed by atoms with Crippen LogP contribution in [-0.2, 0) is 0 Å². The van der Waals surface area contributed by atoms with Gasteiger partial charge in [-0.1, -0.05) is 17.4 Å². The van der Waals surface area contributed by atoms with E-state index in [0.717, 1.165) is 11.3 Å². The van der Waals surface area contributed by atoms with Crippen LogP contribution in [0.15, 0.2) is 47.1 Å². The van der Waals surface area contributed by atoms with E-state index in [0.29, 0.717) is 16.3 Å². The minimum absolute atomic E-state index is 0.00998. The van der Waals surface area contributed by atoms with Crippen molar-refractivity contribution in [3.63, 3.8) is 0 Å². The number of nitrogens with one attached hydrogen (secondary N) is 1. The predicted octanol–water partition coefficient (Wildman–Crippen LogP) is 3.23. The van der Waals surface area contributed by atoms with Crippen molar-refractivity contribution in [2.45, 2.75) is 0 Å². The third kappa shape index (κ3) is 3.02. The normalized spacial score (nSPS) is 10.1. The van der Waals surface area contributed by atoms with Gasteiger partial charge in [0.2, 0.25) is 0 Å². The molecule has 1 aromatic carbocycles. The van der Waals surface area contributed by atoms with Crippen molar-refractivity contribution in [2.75, 3.05) is 5.32 Å². The van der Waals surface area contributed by atoms with Crippen LogP contribution in [0.2, 0.25) is 0 Å². The van der Waals surface area contributed by atoms with Crippen LogP contribution in [0, 0.1) is 11.3 Å². The monoisotopic (exact) mass is 339 g/mol. The summed E-state index contributed by atoms with van der Waals surface area (Å²) >= 11 is 1.01. The third-order valence-corrected chi connectivity index (χ3v) is 3.95. The molecule has 0 fully saturated rings. The van der Waals surface area contributed by atoms with Crippen LogP contribution in [0.4, 0.5) is 5.13 Å². The number of carbonyl (C=O) groups excluding carboxylic acids is 1. The largest absolute Gasteiger partial charge is 0.478 e. The number of thiazole rings is 1. The van der Waals surface area contributed by atoms with Crippen molar-refractivity contribution in [2.24, 2.45) is 0 Å². The van der Waals surface area contributed by atoms with Gasteiger partial charge in [-0.25, -0.2) is 9.78 Å². The van der Waals surface area contributed by atoms with Gasteiger partial charge in [-0.2, -0.15) is 5.26 Å². The Kier molecular flexibility index (Phi) is 4.09. The molecule has 24 heavy (non-hydrogen) atoms. The summed E-state index contributed by atoms with van der Waals surface area (Å²) in [5, 5.41) is 20.9. The number of carbonyl (C=O) groups is 2. The number of benzene rings is 1. The van der Waals surface area contributed by atoms with Gasteiger partial charge in [-0.05, 0) is 30.3 Å². The van der Waals surface area contributed by atoms with Gasteiger partial charge in [0, 0.05) is 5.56 Å². The molecule has 3 aromatic rings. The van der Waals surface area contributed by atoms with E-state index in [1.165, 1.54) is 30.5 Å². The molecule has 3 rings (SSSR count). The van der Waals surface area contributed by atoms with Crippen molar-refractivity contribution < 1.29 is 19.1 Å². The first-order chi connectivity index (χ1) is 11.6. The molecule has 0 bridgehead atoms. The molecule has 2 heterocycles. The maximum atomic E-state index is 12.2. The fourth-order valence-electron chi connectivity index (χ4n) is 1.99. The number of furan rings is 1. The third-order valence-electron chi connectivity index (χ3n) is 3.08. The van der Waals surface area contributed by atoms with Crippen LogP contribution in [-0.4, -0.2) is 22.0 Å². The smallest absolute Gasteiger partial charge is 0.335 e. The highest BCUT2D eigenvalue weighted by molar-refractivity contribution is 7.16. The van der Waals surface area contributed by atoms with Crippen molar-refractivity contribution in [1.82, 2.24) is 4.98 Å². The van der Waals surface area contributed by atoms with Crippen molar-refractivity contribution >= 4 is 28.3 Å². The van der Waals surface area contributed by atoms with Gasteiger partial charge in [-0.3, -0.25) is 10.1 Å². The van der Waals surface area contributed by atoms with E-state index in [1.54, 1.807) is 12.1 Å². The summed E-state index contributed by atoms with van der Waals surface area (Å²) in [4.78, 5) is 27.7. The average molecular weight is 339 g/mol. The number of carboxylic acids is 1. The van der Waals surface area contributed by atoms with Crippen molar-refractivity contribution in [1.29, 1.82) is 5.26 Å². The van der Waals surface area contributed by atoms with Gasteiger partial charge >= 0.3 is 5.97 Å². The molecule has 8 heteroatoms. The van der Waals surface area contributed by atoms with Crippen LogP contribution < -0.4 is 5.32 Å². The molecular weight excluding hydrogens is 330 g/mol. The molecular formula is C16H9N3O4S. The number of aromatic nitrogens is 1. The molecule has 2 N–H and O–H groups in total. The molecule has 0 aliphatic carbocycles.